The molecule has 0 radical (unpaired) electrons. The Balaban J connectivity index is 1.80. The number of para-hydroxylation sites is 2. The smallest absolute Gasteiger partial charge is 0.272 e. The van der Waals surface area contributed by atoms with Crippen LogP contribution in [-0.2, 0) is 0 Å². The maximum absolute atomic E-state index is 12.2. The maximum atomic E-state index is 12.2. The number of amides is 1. The molecule has 0 aliphatic rings. The van der Waals surface area contributed by atoms with Gasteiger partial charge in [0.15, 0.2) is 0 Å². The van der Waals surface area contributed by atoms with Crippen LogP contribution >= 0.6 is 0 Å². The Labute approximate surface area is 122 Å². The summed E-state index contributed by atoms with van der Waals surface area (Å²) in [5.74, 6) is -0.258. The van der Waals surface area contributed by atoms with Crippen molar-refractivity contribution < 1.29 is 4.79 Å². The number of nitrogens with one attached hydrogen (secondary N) is 1. The second-order valence-corrected chi connectivity index (χ2v) is 4.69. The Kier molecular flexibility index (Phi) is 3.55. The highest BCUT2D eigenvalue weighted by atomic mass is 16.1. The summed E-state index contributed by atoms with van der Waals surface area (Å²) in [5, 5.41) is 2.87. The van der Waals surface area contributed by atoms with Crippen molar-refractivity contribution in [2.45, 2.75) is 13.0 Å². The summed E-state index contributed by atoms with van der Waals surface area (Å²) in [6, 6.07) is 12.9. The first kappa shape index (κ1) is 13.2. The first-order valence-corrected chi connectivity index (χ1v) is 6.67. The molecule has 1 unspecified atom stereocenters. The fraction of sp³-hybridized carbons (Fsp3) is 0.125. The monoisotopic (exact) mass is 278 g/mol. The van der Waals surface area contributed by atoms with Gasteiger partial charge in [-0.05, 0) is 31.2 Å². The van der Waals surface area contributed by atoms with Gasteiger partial charge in [-0.25, -0.2) is 4.98 Å². The van der Waals surface area contributed by atoms with Gasteiger partial charge in [0.1, 0.15) is 5.69 Å². The number of carbonyl (C=O) groups is 1. The van der Waals surface area contributed by atoms with E-state index in [1.54, 1.807) is 6.20 Å². The van der Waals surface area contributed by atoms with Crippen molar-refractivity contribution in [3.63, 3.8) is 0 Å². The van der Waals surface area contributed by atoms with Crippen molar-refractivity contribution in [3.8, 4) is 0 Å². The Bertz CT molecular complexity index is 773. The molecule has 1 atom stereocenters. The van der Waals surface area contributed by atoms with E-state index < -0.39 is 0 Å². The first-order valence-electron chi connectivity index (χ1n) is 6.67. The van der Waals surface area contributed by atoms with Crippen molar-refractivity contribution in [2.75, 3.05) is 0 Å². The number of rotatable bonds is 3. The van der Waals surface area contributed by atoms with Crippen molar-refractivity contribution in [1.82, 2.24) is 20.3 Å². The standard InChI is InChI=1S/C16H14N4O/c1-11(12-6-4-5-9-17-12)19-16(21)15-10-18-13-7-2-3-8-14(13)20-15/h2-11H,1H3,(H,19,21). The summed E-state index contributed by atoms with van der Waals surface area (Å²) < 4.78 is 0. The van der Waals surface area contributed by atoms with Crippen LogP contribution in [0.3, 0.4) is 0 Å². The van der Waals surface area contributed by atoms with Crippen molar-refractivity contribution in [3.05, 3.63) is 66.2 Å². The van der Waals surface area contributed by atoms with Crippen LogP contribution in [0.5, 0.6) is 0 Å². The van der Waals surface area contributed by atoms with Crippen LogP contribution in [0, 0.1) is 0 Å². The number of benzene rings is 1. The molecule has 1 amide bonds. The molecule has 0 fully saturated rings. The fourth-order valence-corrected chi connectivity index (χ4v) is 2.04. The third kappa shape index (κ3) is 2.86. The molecule has 0 aliphatic carbocycles. The highest BCUT2D eigenvalue weighted by Gasteiger charge is 2.14. The molecule has 0 spiro atoms. The number of nitrogens with zero attached hydrogens (tertiary/aromatic N) is 3. The van der Waals surface area contributed by atoms with Crippen LogP contribution in [0.2, 0.25) is 0 Å². The predicted molar refractivity (Wildman–Crippen MR) is 79.7 cm³/mol. The highest BCUT2D eigenvalue weighted by molar-refractivity contribution is 5.93. The molecule has 21 heavy (non-hydrogen) atoms. The zero-order valence-electron chi connectivity index (χ0n) is 11.5. The van der Waals surface area contributed by atoms with E-state index in [9.17, 15) is 4.79 Å². The maximum Gasteiger partial charge on any atom is 0.272 e. The van der Waals surface area contributed by atoms with E-state index in [-0.39, 0.29) is 11.9 Å². The summed E-state index contributed by atoms with van der Waals surface area (Å²) >= 11 is 0. The summed E-state index contributed by atoms with van der Waals surface area (Å²) in [6.45, 7) is 1.88. The molecule has 2 aromatic heterocycles. The lowest BCUT2D eigenvalue weighted by Gasteiger charge is -2.12. The number of carbonyl (C=O) groups excluding carboxylic acids is 1. The van der Waals surface area contributed by atoms with Crippen molar-refractivity contribution >= 4 is 16.9 Å². The highest BCUT2D eigenvalue weighted by Crippen LogP contribution is 2.11. The molecule has 0 aliphatic heterocycles. The van der Waals surface area contributed by atoms with Gasteiger partial charge in [-0.15, -0.1) is 0 Å². The van der Waals surface area contributed by atoms with Crippen LogP contribution in [0.15, 0.2) is 54.9 Å². The summed E-state index contributed by atoms with van der Waals surface area (Å²) in [7, 11) is 0. The Morgan fingerprint density at radius 2 is 1.81 bits per heavy atom. The number of hydrogen-bond donors (Lipinski definition) is 1. The van der Waals surface area contributed by atoms with Gasteiger partial charge in [0.05, 0.1) is 29.0 Å². The third-order valence-corrected chi connectivity index (χ3v) is 3.16. The molecule has 1 N–H and O–H groups in total. The summed E-state index contributed by atoms with van der Waals surface area (Å²) in [4.78, 5) is 25.0. The van der Waals surface area contributed by atoms with Crippen LogP contribution in [0.4, 0.5) is 0 Å². The van der Waals surface area contributed by atoms with Gasteiger partial charge < -0.3 is 5.32 Å². The number of aromatic nitrogens is 3. The van der Waals surface area contributed by atoms with E-state index in [0.29, 0.717) is 11.2 Å². The van der Waals surface area contributed by atoms with Gasteiger partial charge in [-0.3, -0.25) is 14.8 Å². The zero-order valence-corrected chi connectivity index (χ0v) is 11.5. The third-order valence-electron chi connectivity index (χ3n) is 3.16. The lowest BCUT2D eigenvalue weighted by atomic mass is 10.2. The van der Waals surface area contributed by atoms with Crippen LogP contribution < -0.4 is 5.32 Å². The quantitative estimate of drug-likeness (QED) is 0.799. The molecule has 1 aromatic carbocycles. The van der Waals surface area contributed by atoms with Gasteiger partial charge >= 0.3 is 0 Å². The number of hydrogen-bond acceptors (Lipinski definition) is 4. The molecule has 3 aromatic rings. The molecule has 0 saturated carbocycles. The predicted octanol–water partition coefficient (Wildman–Crippen LogP) is 2.52. The topological polar surface area (TPSA) is 67.8 Å². The molecular formula is C16H14N4O. The largest absolute Gasteiger partial charge is 0.343 e. The lowest BCUT2D eigenvalue weighted by Crippen LogP contribution is -2.28. The van der Waals surface area contributed by atoms with Crippen molar-refractivity contribution in [1.29, 1.82) is 0 Å². The minimum atomic E-state index is -0.258. The molecule has 5 heteroatoms. The molecule has 3 rings (SSSR count). The van der Waals surface area contributed by atoms with E-state index in [1.807, 2.05) is 49.4 Å². The molecule has 104 valence electrons. The van der Waals surface area contributed by atoms with Gasteiger partial charge in [-0.2, -0.15) is 0 Å². The molecule has 2 heterocycles. The summed E-state index contributed by atoms with van der Waals surface area (Å²) in [5.41, 5.74) is 2.58. The molecule has 5 nitrogen and oxygen atoms in total. The number of pyridine rings is 1. The van der Waals surface area contributed by atoms with Gasteiger partial charge in [-0.1, -0.05) is 18.2 Å². The average molecular weight is 278 g/mol. The number of fused-ring (bicyclic) bond motifs is 1. The normalized spacial score (nSPS) is 12.0. The van der Waals surface area contributed by atoms with Crippen LogP contribution in [0.1, 0.15) is 29.1 Å². The van der Waals surface area contributed by atoms with E-state index in [4.69, 9.17) is 0 Å². The van der Waals surface area contributed by atoms with E-state index in [1.165, 1.54) is 6.20 Å². The zero-order chi connectivity index (χ0) is 14.7. The second kappa shape index (κ2) is 5.66. The van der Waals surface area contributed by atoms with Gasteiger partial charge in [0.25, 0.3) is 5.91 Å². The van der Waals surface area contributed by atoms with Crippen molar-refractivity contribution in [2.24, 2.45) is 0 Å². The van der Waals surface area contributed by atoms with Crippen LogP contribution in [0.25, 0.3) is 11.0 Å². The lowest BCUT2D eigenvalue weighted by molar-refractivity contribution is 0.0934. The molecule has 0 bridgehead atoms. The second-order valence-electron chi connectivity index (χ2n) is 4.69. The minimum Gasteiger partial charge on any atom is -0.343 e. The Morgan fingerprint density at radius 3 is 2.57 bits per heavy atom. The first-order chi connectivity index (χ1) is 10.2. The van der Waals surface area contributed by atoms with Crippen LogP contribution in [-0.4, -0.2) is 20.9 Å². The Morgan fingerprint density at radius 1 is 1.05 bits per heavy atom. The average Bonchev–Trinajstić information content (AvgIpc) is 2.55. The summed E-state index contributed by atoms with van der Waals surface area (Å²) in [6.07, 6.45) is 3.19. The SMILES string of the molecule is CC(NC(=O)c1cnc2ccccc2n1)c1ccccn1. The van der Waals surface area contributed by atoms with Gasteiger partial charge in [0, 0.05) is 6.20 Å². The van der Waals surface area contributed by atoms with E-state index in [0.717, 1.165) is 11.2 Å². The Hall–Kier alpha value is -2.82. The fourth-order valence-electron chi connectivity index (χ4n) is 2.04. The molecule has 0 saturated heterocycles. The van der Waals surface area contributed by atoms with E-state index in [2.05, 4.69) is 20.3 Å². The van der Waals surface area contributed by atoms with E-state index >= 15 is 0 Å². The van der Waals surface area contributed by atoms with Gasteiger partial charge in [0.2, 0.25) is 0 Å². The molecular weight excluding hydrogens is 264 g/mol. The minimum absolute atomic E-state index is 0.188.